The van der Waals surface area contributed by atoms with Gasteiger partial charge in [0.15, 0.2) is 40.6 Å². The SMILES string of the molecule is CC(C)C(=O)NCNC(=O)OCO.CC(C)C(=O)NCNC(=O)OCO.CC(C)OCOC(=O)NCOC#N.CC(C)OCOC(=O)NCOC#N.CCC.CCC.CCC.CCC. The predicted octanol–water partition coefficient (Wildman–Crippen LogP) is 5.55. The van der Waals surface area contributed by atoms with Crippen LogP contribution in [0.4, 0.5) is 19.2 Å². The van der Waals surface area contributed by atoms with E-state index in [-0.39, 0.29) is 76.2 Å². The van der Waals surface area contributed by atoms with Gasteiger partial charge in [0.2, 0.25) is 11.8 Å². The summed E-state index contributed by atoms with van der Waals surface area (Å²) < 4.78 is 35.6. The lowest BCUT2D eigenvalue weighted by atomic mass is 10.2. The molecule has 0 spiro atoms. The monoisotopic (exact) mass is 933 g/mol. The van der Waals surface area contributed by atoms with E-state index in [1.54, 1.807) is 27.7 Å². The molecular formula is C40H84N8O16. The zero-order valence-corrected chi connectivity index (χ0v) is 41.3. The summed E-state index contributed by atoms with van der Waals surface area (Å²) in [5.74, 6) is -0.583. The van der Waals surface area contributed by atoms with Crippen LogP contribution in [-0.4, -0.2) is 113 Å². The van der Waals surface area contributed by atoms with Gasteiger partial charge in [0.25, 0.3) is 12.5 Å². The molecule has 64 heavy (non-hydrogen) atoms. The first-order valence-electron chi connectivity index (χ1n) is 20.8. The normalized spacial score (nSPS) is 8.69. The number of aliphatic hydroxyl groups excluding tert-OH is 2. The molecule has 24 heteroatoms. The van der Waals surface area contributed by atoms with Crippen LogP contribution in [-0.2, 0) is 47.5 Å². The minimum atomic E-state index is -0.772. The molecule has 0 heterocycles. The lowest BCUT2D eigenvalue weighted by Gasteiger charge is -2.08. The number of nitrogens with zero attached hydrogens (tertiary/aromatic N) is 2. The van der Waals surface area contributed by atoms with Crippen LogP contribution in [0.25, 0.3) is 0 Å². The number of ether oxygens (including phenoxy) is 8. The number of nitrogens with one attached hydrogen (secondary N) is 6. The molecule has 380 valence electrons. The number of carbonyl (C=O) groups is 6. The minimum Gasteiger partial charge on any atom is -0.423 e. The summed E-state index contributed by atoms with van der Waals surface area (Å²) in [5, 5.41) is 45.9. The van der Waals surface area contributed by atoms with Crippen molar-refractivity contribution in [2.75, 3.05) is 54.0 Å². The molecule has 0 fully saturated rings. The van der Waals surface area contributed by atoms with Gasteiger partial charge in [-0.3, -0.25) is 20.2 Å². The fraction of sp³-hybridized carbons (Fsp3) is 0.800. The van der Waals surface area contributed by atoms with Crippen LogP contribution >= 0.6 is 0 Å². The van der Waals surface area contributed by atoms with Crippen LogP contribution in [0.3, 0.4) is 0 Å². The molecule has 0 radical (unpaired) electrons. The van der Waals surface area contributed by atoms with Crippen molar-refractivity contribution >= 4 is 36.2 Å². The van der Waals surface area contributed by atoms with Gasteiger partial charge in [-0.05, 0) is 27.7 Å². The molecule has 24 nitrogen and oxygen atoms in total. The summed E-state index contributed by atoms with van der Waals surface area (Å²) in [7, 11) is 0. The number of carbonyl (C=O) groups excluding carboxylic acids is 6. The van der Waals surface area contributed by atoms with Crippen LogP contribution < -0.4 is 31.9 Å². The molecule has 0 unspecified atom stereocenters. The molecule has 0 saturated heterocycles. The third-order valence-corrected chi connectivity index (χ3v) is 4.32. The summed E-state index contributed by atoms with van der Waals surface area (Å²) >= 11 is 0. The molecule has 0 saturated carbocycles. The van der Waals surface area contributed by atoms with E-state index in [0.717, 1.165) is 0 Å². The Bertz CT molecular complexity index is 1050. The van der Waals surface area contributed by atoms with Gasteiger partial charge in [0.1, 0.15) is 0 Å². The van der Waals surface area contributed by atoms with Crippen LogP contribution in [0.5, 0.6) is 0 Å². The van der Waals surface area contributed by atoms with Gasteiger partial charge < -0.3 is 69.4 Å². The third kappa shape index (κ3) is 96.3. The van der Waals surface area contributed by atoms with Crippen molar-refractivity contribution in [3.05, 3.63) is 0 Å². The van der Waals surface area contributed by atoms with Crippen molar-refractivity contribution in [3.8, 4) is 12.5 Å². The number of alkyl carbamates (subject to hydrolysis) is 4. The minimum absolute atomic E-state index is 0.00292. The number of aliphatic hydroxyl groups is 2. The van der Waals surface area contributed by atoms with Crippen molar-refractivity contribution in [3.63, 3.8) is 0 Å². The Morgan fingerprint density at radius 1 is 0.453 bits per heavy atom. The van der Waals surface area contributed by atoms with E-state index in [2.05, 4.69) is 116 Å². The molecule has 0 atom stereocenters. The largest absolute Gasteiger partial charge is 0.423 e. The zero-order chi connectivity index (χ0) is 51.6. The second-order valence-electron chi connectivity index (χ2n) is 12.7. The molecule has 0 aromatic rings. The van der Waals surface area contributed by atoms with Crippen LogP contribution in [0.1, 0.15) is 136 Å². The van der Waals surface area contributed by atoms with Crippen molar-refractivity contribution < 1.29 is 76.9 Å². The number of hydrogen-bond acceptors (Lipinski definition) is 18. The smallest absolute Gasteiger partial charge is 0.411 e. The Hall–Kier alpha value is -5.56. The van der Waals surface area contributed by atoms with Gasteiger partial charge in [-0.1, -0.05) is 109 Å². The van der Waals surface area contributed by atoms with E-state index >= 15 is 0 Å². The highest BCUT2D eigenvalue weighted by Gasteiger charge is 2.07. The molecule has 6 amide bonds. The average Bonchev–Trinajstić information content (AvgIpc) is 3.20. The van der Waals surface area contributed by atoms with Crippen LogP contribution in [0, 0.1) is 34.9 Å². The quantitative estimate of drug-likeness (QED) is 0.0361. The highest BCUT2D eigenvalue weighted by atomic mass is 16.7. The Morgan fingerprint density at radius 3 is 0.906 bits per heavy atom. The van der Waals surface area contributed by atoms with Gasteiger partial charge in [-0.25, -0.2) is 19.2 Å². The second kappa shape index (κ2) is 66.5. The fourth-order valence-electron chi connectivity index (χ4n) is 1.84. The van der Waals surface area contributed by atoms with E-state index in [1.165, 1.54) is 38.2 Å². The topological polar surface area (TPSA) is 336 Å². The Balaban J connectivity index is -0.000000100. The summed E-state index contributed by atoms with van der Waals surface area (Å²) in [6, 6.07) is 0. The van der Waals surface area contributed by atoms with E-state index in [0.29, 0.717) is 0 Å². The summed E-state index contributed by atoms with van der Waals surface area (Å²) in [6.45, 7) is 29.2. The van der Waals surface area contributed by atoms with E-state index in [1.807, 2.05) is 27.7 Å². The highest BCUT2D eigenvalue weighted by Crippen LogP contribution is 1.91. The van der Waals surface area contributed by atoms with E-state index in [9.17, 15) is 28.8 Å². The van der Waals surface area contributed by atoms with Crippen LogP contribution in [0.2, 0.25) is 0 Å². The van der Waals surface area contributed by atoms with Crippen molar-refractivity contribution in [2.24, 2.45) is 11.8 Å². The molecule has 0 aliphatic rings. The summed E-state index contributed by atoms with van der Waals surface area (Å²) in [6.07, 6.45) is 4.89. The van der Waals surface area contributed by atoms with Gasteiger partial charge >= 0.3 is 24.4 Å². The van der Waals surface area contributed by atoms with Crippen molar-refractivity contribution in [1.29, 1.82) is 10.5 Å². The third-order valence-electron chi connectivity index (χ3n) is 4.32. The fourth-order valence-corrected chi connectivity index (χ4v) is 1.84. The molecule has 0 aliphatic heterocycles. The zero-order valence-electron chi connectivity index (χ0n) is 41.3. The van der Waals surface area contributed by atoms with Crippen LogP contribution in [0.15, 0.2) is 0 Å². The molecule has 0 aromatic heterocycles. The first-order chi connectivity index (χ1) is 30.1. The Labute approximate surface area is 382 Å². The first-order valence-corrected chi connectivity index (χ1v) is 20.8. The molecule has 8 N–H and O–H groups in total. The maximum atomic E-state index is 10.9. The number of rotatable bonds is 18. The number of hydrogen-bond donors (Lipinski definition) is 8. The predicted molar refractivity (Wildman–Crippen MR) is 237 cm³/mol. The van der Waals surface area contributed by atoms with Crippen molar-refractivity contribution in [1.82, 2.24) is 31.9 Å². The summed E-state index contributed by atoms with van der Waals surface area (Å²) in [4.78, 5) is 64.4. The maximum Gasteiger partial charge on any atom is 0.411 e. The van der Waals surface area contributed by atoms with E-state index < -0.39 is 38.0 Å². The lowest BCUT2D eigenvalue weighted by molar-refractivity contribution is -0.124. The molecule has 0 aliphatic carbocycles. The van der Waals surface area contributed by atoms with Crippen molar-refractivity contribution in [2.45, 2.75) is 149 Å². The van der Waals surface area contributed by atoms with Gasteiger partial charge in [-0.2, -0.15) is 10.5 Å². The lowest BCUT2D eigenvalue weighted by Crippen LogP contribution is -2.39. The van der Waals surface area contributed by atoms with Gasteiger partial charge in [-0.15, -0.1) is 0 Å². The highest BCUT2D eigenvalue weighted by molar-refractivity contribution is 5.78. The maximum absolute atomic E-state index is 10.9. The standard InChI is InChI=1S/2C7H12N2O4.2C7H14N2O4.4C3H8/c2*1-6(2)12-5-13-7(10)9-4-11-3-8;2*1-5(2)6(11)8-3-9-7(12)13-4-10;4*1-3-2/h2*6H,4-5H2,1-2H3,(H,9,10);2*5,10H,3-4H2,1-2H3,(H,8,11)(H,9,12);4*3H2,1-2H3. The second-order valence-corrected chi connectivity index (χ2v) is 12.7. The Morgan fingerprint density at radius 2 is 0.703 bits per heavy atom. The average molecular weight is 933 g/mol. The number of nitriles is 2. The summed E-state index contributed by atoms with van der Waals surface area (Å²) in [5.41, 5.74) is 0. The molecule has 0 rings (SSSR count). The van der Waals surface area contributed by atoms with Gasteiger partial charge in [0, 0.05) is 11.8 Å². The first kappa shape index (κ1) is 75.8. The molecule has 0 aromatic carbocycles. The number of amides is 6. The molecular weight excluding hydrogens is 848 g/mol. The van der Waals surface area contributed by atoms with Gasteiger partial charge in [0.05, 0.1) is 25.5 Å². The van der Waals surface area contributed by atoms with E-state index in [4.69, 9.17) is 30.2 Å². The Kier molecular flexibility index (Phi) is 78.8. The molecule has 0 bridgehead atoms.